The van der Waals surface area contributed by atoms with E-state index in [0.29, 0.717) is 11.1 Å². The average molecular weight is 438 g/mol. The third-order valence-electron chi connectivity index (χ3n) is 3.92. The summed E-state index contributed by atoms with van der Waals surface area (Å²) in [4.78, 5) is 14.5. The van der Waals surface area contributed by atoms with Crippen LogP contribution in [0.4, 0.5) is 22.0 Å². The van der Waals surface area contributed by atoms with Crippen molar-refractivity contribution in [3.8, 4) is 11.1 Å². The number of carbonyl (C=O) groups excluding carboxylic acids is 1. The largest absolute Gasteiger partial charge is 0.386 e. The van der Waals surface area contributed by atoms with Gasteiger partial charge in [0.25, 0.3) is 15.7 Å². The SMILES string of the molecule is O=C(N[C@H](CF)[C@H](O)c1ccc(-c2ccc(S(=O)(=O)C(F)F)nc2)cc1)C(F)F. The molecule has 0 aliphatic heterocycles. The molecule has 2 rings (SSSR count). The van der Waals surface area contributed by atoms with E-state index in [-0.39, 0.29) is 5.56 Å². The molecule has 0 spiro atoms. The molecule has 0 bridgehead atoms. The highest BCUT2D eigenvalue weighted by Crippen LogP contribution is 2.25. The summed E-state index contributed by atoms with van der Waals surface area (Å²) in [5.41, 5.74) is 0.950. The Morgan fingerprint density at radius 1 is 1.03 bits per heavy atom. The Bertz CT molecular complexity index is 937. The Balaban J connectivity index is 2.18. The van der Waals surface area contributed by atoms with Crippen molar-refractivity contribution in [2.45, 2.75) is 29.4 Å². The number of nitrogens with one attached hydrogen (secondary N) is 1. The lowest BCUT2D eigenvalue weighted by atomic mass is 9.99. The molecule has 1 amide bonds. The number of carbonyl (C=O) groups is 1. The van der Waals surface area contributed by atoms with Gasteiger partial charge in [0.15, 0.2) is 5.03 Å². The summed E-state index contributed by atoms with van der Waals surface area (Å²) in [5.74, 6) is -5.32. The molecule has 1 aromatic heterocycles. The van der Waals surface area contributed by atoms with Crippen LogP contribution < -0.4 is 5.32 Å². The second kappa shape index (κ2) is 9.27. The first-order valence-electron chi connectivity index (χ1n) is 7.99. The fourth-order valence-corrected chi connectivity index (χ4v) is 3.00. The zero-order valence-corrected chi connectivity index (χ0v) is 15.3. The van der Waals surface area contributed by atoms with E-state index in [1.54, 1.807) is 5.32 Å². The van der Waals surface area contributed by atoms with Crippen molar-refractivity contribution in [1.29, 1.82) is 0 Å². The molecule has 2 aromatic rings. The Morgan fingerprint density at radius 3 is 2.07 bits per heavy atom. The number of alkyl halides is 5. The van der Waals surface area contributed by atoms with Crippen LogP contribution in [0.15, 0.2) is 47.6 Å². The lowest BCUT2D eigenvalue weighted by Gasteiger charge is -2.22. The molecular weight excluding hydrogens is 423 g/mol. The summed E-state index contributed by atoms with van der Waals surface area (Å²) in [5, 5.41) is 11.0. The van der Waals surface area contributed by atoms with Crippen LogP contribution >= 0.6 is 0 Å². The van der Waals surface area contributed by atoms with Crippen LogP contribution in [0.25, 0.3) is 11.1 Å². The molecule has 2 atom stereocenters. The fourth-order valence-electron chi connectivity index (χ4n) is 2.36. The fraction of sp³-hybridized carbons (Fsp3) is 0.294. The number of aliphatic hydroxyl groups is 1. The minimum absolute atomic E-state index is 0.121. The van der Waals surface area contributed by atoms with E-state index in [1.807, 2.05) is 0 Å². The molecule has 0 saturated carbocycles. The number of hydrogen-bond acceptors (Lipinski definition) is 5. The smallest absolute Gasteiger partial charge is 0.342 e. The quantitative estimate of drug-likeness (QED) is 0.618. The van der Waals surface area contributed by atoms with Crippen LogP contribution in [0.2, 0.25) is 0 Å². The maximum atomic E-state index is 13.0. The predicted octanol–water partition coefficient (Wildman–Crippen LogP) is 2.50. The molecule has 1 aromatic carbocycles. The van der Waals surface area contributed by atoms with Crippen LogP contribution in [0.1, 0.15) is 11.7 Å². The number of nitrogens with zero attached hydrogens (tertiary/aromatic N) is 1. The van der Waals surface area contributed by atoms with Gasteiger partial charge in [0.05, 0.1) is 6.04 Å². The number of hydrogen-bond donors (Lipinski definition) is 2. The van der Waals surface area contributed by atoms with Crippen LogP contribution in [-0.2, 0) is 14.6 Å². The summed E-state index contributed by atoms with van der Waals surface area (Å²) in [6.07, 6.45) is -3.90. The number of aliphatic hydroxyl groups excluding tert-OH is 1. The summed E-state index contributed by atoms with van der Waals surface area (Å²) in [7, 11) is -4.82. The summed E-state index contributed by atoms with van der Waals surface area (Å²) in [6, 6.07) is 6.12. The minimum Gasteiger partial charge on any atom is -0.386 e. The van der Waals surface area contributed by atoms with Crippen molar-refractivity contribution >= 4 is 15.7 Å². The Hall–Kier alpha value is -2.60. The van der Waals surface area contributed by atoms with Gasteiger partial charge in [-0.2, -0.15) is 17.6 Å². The zero-order valence-electron chi connectivity index (χ0n) is 14.5. The van der Waals surface area contributed by atoms with E-state index in [9.17, 15) is 40.3 Å². The van der Waals surface area contributed by atoms with Gasteiger partial charge >= 0.3 is 12.2 Å². The van der Waals surface area contributed by atoms with Crippen LogP contribution in [0, 0.1) is 0 Å². The van der Waals surface area contributed by atoms with Gasteiger partial charge in [-0.15, -0.1) is 0 Å². The first-order valence-corrected chi connectivity index (χ1v) is 9.53. The van der Waals surface area contributed by atoms with Gasteiger partial charge in [-0.25, -0.2) is 17.8 Å². The van der Waals surface area contributed by atoms with E-state index in [4.69, 9.17) is 0 Å². The highest BCUT2D eigenvalue weighted by molar-refractivity contribution is 7.91. The lowest BCUT2D eigenvalue weighted by molar-refractivity contribution is -0.133. The molecule has 0 unspecified atom stereocenters. The van der Waals surface area contributed by atoms with Crippen LogP contribution in [-0.4, -0.2) is 49.3 Å². The number of rotatable bonds is 8. The van der Waals surface area contributed by atoms with E-state index >= 15 is 0 Å². The molecule has 0 fully saturated rings. The predicted molar refractivity (Wildman–Crippen MR) is 91.7 cm³/mol. The van der Waals surface area contributed by atoms with Gasteiger partial charge in [-0.3, -0.25) is 4.79 Å². The molecule has 2 N–H and O–H groups in total. The Kier molecular flexibility index (Phi) is 7.25. The Morgan fingerprint density at radius 2 is 1.62 bits per heavy atom. The Labute approximate surface area is 162 Å². The van der Waals surface area contributed by atoms with E-state index in [2.05, 4.69) is 4.98 Å². The van der Waals surface area contributed by atoms with Gasteiger partial charge < -0.3 is 10.4 Å². The van der Waals surface area contributed by atoms with Crippen molar-refractivity contribution in [3.63, 3.8) is 0 Å². The van der Waals surface area contributed by atoms with E-state index in [0.717, 1.165) is 12.3 Å². The lowest BCUT2D eigenvalue weighted by Crippen LogP contribution is -2.43. The number of aromatic nitrogens is 1. The van der Waals surface area contributed by atoms with Crippen molar-refractivity contribution in [2.24, 2.45) is 0 Å². The summed E-state index contributed by atoms with van der Waals surface area (Å²) >= 11 is 0. The topological polar surface area (TPSA) is 96.4 Å². The third-order valence-corrected chi connectivity index (χ3v) is 5.21. The number of benzene rings is 1. The van der Waals surface area contributed by atoms with Crippen molar-refractivity contribution < 1.29 is 40.3 Å². The number of halogens is 5. The highest BCUT2D eigenvalue weighted by Gasteiger charge is 2.28. The molecule has 0 aliphatic rings. The van der Waals surface area contributed by atoms with Crippen LogP contribution in [0.5, 0.6) is 0 Å². The first kappa shape index (κ1) is 22.7. The van der Waals surface area contributed by atoms with Gasteiger partial charge in [0, 0.05) is 11.8 Å². The molecule has 1 heterocycles. The molecular formula is C17H15F5N2O4S. The molecule has 0 saturated heterocycles. The maximum Gasteiger partial charge on any atom is 0.342 e. The van der Waals surface area contributed by atoms with Crippen molar-refractivity contribution in [3.05, 3.63) is 48.2 Å². The monoisotopic (exact) mass is 438 g/mol. The normalized spacial score (nSPS) is 14.1. The van der Waals surface area contributed by atoms with E-state index < -0.39 is 51.8 Å². The van der Waals surface area contributed by atoms with Crippen LogP contribution in [0.3, 0.4) is 0 Å². The average Bonchev–Trinajstić information content (AvgIpc) is 2.71. The number of pyridine rings is 1. The van der Waals surface area contributed by atoms with Gasteiger partial charge in [0.1, 0.15) is 12.8 Å². The molecule has 0 aliphatic carbocycles. The molecule has 29 heavy (non-hydrogen) atoms. The third kappa shape index (κ3) is 5.26. The maximum absolute atomic E-state index is 13.0. The second-order valence-electron chi connectivity index (χ2n) is 5.83. The van der Waals surface area contributed by atoms with Crippen molar-refractivity contribution in [2.75, 3.05) is 6.67 Å². The number of amides is 1. The minimum atomic E-state index is -4.82. The molecule has 12 heteroatoms. The molecule has 6 nitrogen and oxygen atoms in total. The highest BCUT2D eigenvalue weighted by atomic mass is 32.2. The molecule has 158 valence electrons. The summed E-state index contributed by atoms with van der Waals surface area (Å²) < 4.78 is 85.3. The number of sulfone groups is 1. The standard InChI is InChI=1S/C17H15F5N2O4S/c18-7-12(24-16(26)15(19)20)14(25)10-3-1-9(2-4-10)11-5-6-13(23-8-11)29(27,28)17(21)22/h1-6,8,12,14-15,17,25H,7H2,(H,24,26)/t12-,14-/m1/s1. The van der Waals surface area contributed by atoms with Crippen molar-refractivity contribution in [1.82, 2.24) is 10.3 Å². The summed E-state index contributed by atoms with van der Waals surface area (Å²) in [6.45, 7) is -1.29. The second-order valence-corrected chi connectivity index (χ2v) is 7.69. The molecule has 0 radical (unpaired) electrons. The van der Waals surface area contributed by atoms with Gasteiger partial charge in [0.2, 0.25) is 0 Å². The van der Waals surface area contributed by atoms with Gasteiger partial charge in [-0.05, 0) is 23.3 Å². The van der Waals surface area contributed by atoms with E-state index in [1.165, 1.54) is 30.3 Å². The zero-order chi connectivity index (χ0) is 21.8. The van der Waals surface area contributed by atoms with Gasteiger partial charge in [-0.1, -0.05) is 24.3 Å². The first-order chi connectivity index (χ1) is 13.6.